The molecule has 1 aromatic heterocycles. The summed E-state index contributed by atoms with van der Waals surface area (Å²) in [5.74, 6) is 2.04. The van der Waals surface area contributed by atoms with E-state index in [0.29, 0.717) is 5.76 Å². The first-order chi connectivity index (χ1) is 14.1. The molecule has 1 N–H and O–H groups in total. The molecule has 29 heavy (non-hydrogen) atoms. The molecule has 2 heterocycles. The van der Waals surface area contributed by atoms with Gasteiger partial charge >= 0.3 is 0 Å². The summed E-state index contributed by atoms with van der Waals surface area (Å²) >= 11 is 0. The molecule has 0 unspecified atom stereocenters. The predicted molar refractivity (Wildman–Crippen MR) is 111 cm³/mol. The lowest BCUT2D eigenvalue weighted by Gasteiger charge is -2.32. The molecule has 0 radical (unpaired) electrons. The van der Waals surface area contributed by atoms with Crippen molar-refractivity contribution in [2.45, 2.75) is 13.5 Å². The summed E-state index contributed by atoms with van der Waals surface area (Å²) in [4.78, 5) is 16.4. The SMILES string of the molecule is COc1ccc(C[NH+]2CCN(C(=O)c3oc4ccc(OC)cc4c3C)CC2)cc1. The molecule has 4 rings (SSSR count). The molecule has 0 atom stereocenters. The van der Waals surface area contributed by atoms with Gasteiger partial charge in [0.2, 0.25) is 0 Å². The van der Waals surface area contributed by atoms with Crippen LogP contribution in [-0.4, -0.2) is 51.2 Å². The summed E-state index contributed by atoms with van der Waals surface area (Å²) in [6.07, 6.45) is 0. The number of benzene rings is 2. The highest BCUT2D eigenvalue weighted by molar-refractivity contribution is 5.99. The first-order valence-electron chi connectivity index (χ1n) is 9.92. The van der Waals surface area contributed by atoms with Gasteiger partial charge in [-0.1, -0.05) is 0 Å². The van der Waals surface area contributed by atoms with Gasteiger partial charge in [0.05, 0.1) is 40.4 Å². The van der Waals surface area contributed by atoms with Crippen molar-refractivity contribution in [2.75, 3.05) is 40.4 Å². The van der Waals surface area contributed by atoms with Crippen molar-refractivity contribution in [3.63, 3.8) is 0 Å². The number of amides is 1. The number of carbonyl (C=O) groups excluding carboxylic acids is 1. The number of rotatable bonds is 5. The quantitative estimate of drug-likeness (QED) is 0.720. The third-order valence-corrected chi connectivity index (χ3v) is 5.71. The number of furan rings is 1. The number of ether oxygens (including phenoxy) is 2. The maximum Gasteiger partial charge on any atom is 0.290 e. The number of fused-ring (bicyclic) bond motifs is 1. The average molecular weight is 395 g/mol. The molecule has 0 saturated carbocycles. The minimum Gasteiger partial charge on any atom is -0.497 e. The highest BCUT2D eigenvalue weighted by Crippen LogP contribution is 2.29. The van der Waals surface area contributed by atoms with Gasteiger partial charge < -0.3 is 23.7 Å². The Balaban J connectivity index is 1.41. The Morgan fingerprint density at radius 2 is 1.69 bits per heavy atom. The van der Waals surface area contributed by atoms with Gasteiger partial charge in [-0.15, -0.1) is 0 Å². The lowest BCUT2D eigenvalue weighted by molar-refractivity contribution is -0.917. The number of nitrogens with one attached hydrogen (secondary N) is 1. The van der Waals surface area contributed by atoms with Gasteiger partial charge in [0, 0.05) is 16.5 Å². The van der Waals surface area contributed by atoms with E-state index in [1.54, 1.807) is 14.2 Å². The van der Waals surface area contributed by atoms with E-state index in [-0.39, 0.29) is 5.91 Å². The smallest absolute Gasteiger partial charge is 0.290 e. The first-order valence-corrected chi connectivity index (χ1v) is 9.92. The fourth-order valence-electron chi connectivity index (χ4n) is 3.91. The molecule has 0 aliphatic carbocycles. The van der Waals surface area contributed by atoms with Crippen molar-refractivity contribution in [1.82, 2.24) is 4.90 Å². The monoisotopic (exact) mass is 395 g/mol. The van der Waals surface area contributed by atoms with Crippen molar-refractivity contribution in [3.05, 3.63) is 59.4 Å². The molecule has 1 aliphatic rings. The maximum absolute atomic E-state index is 13.1. The zero-order valence-electron chi connectivity index (χ0n) is 17.2. The minimum absolute atomic E-state index is 0.0267. The lowest BCUT2D eigenvalue weighted by Crippen LogP contribution is -3.13. The highest BCUT2D eigenvalue weighted by Gasteiger charge is 2.28. The van der Waals surface area contributed by atoms with Gasteiger partial charge in [-0.2, -0.15) is 0 Å². The normalized spacial score (nSPS) is 14.9. The van der Waals surface area contributed by atoms with Gasteiger partial charge in [0.25, 0.3) is 5.91 Å². The van der Waals surface area contributed by atoms with Crippen LogP contribution in [0.5, 0.6) is 11.5 Å². The predicted octanol–water partition coefficient (Wildman–Crippen LogP) is 2.30. The van der Waals surface area contributed by atoms with Crippen molar-refractivity contribution >= 4 is 16.9 Å². The number of methoxy groups -OCH3 is 2. The van der Waals surface area contributed by atoms with Crippen LogP contribution in [-0.2, 0) is 6.54 Å². The molecular weight excluding hydrogens is 368 g/mol. The van der Waals surface area contributed by atoms with Crippen LogP contribution in [0.3, 0.4) is 0 Å². The minimum atomic E-state index is -0.0267. The Bertz CT molecular complexity index is 1000. The van der Waals surface area contributed by atoms with Crippen LogP contribution in [0.2, 0.25) is 0 Å². The summed E-state index contributed by atoms with van der Waals surface area (Å²) in [5, 5.41) is 0.927. The molecule has 0 bridgehead atoms. The molecular formula is C23H27N2O4+. The summed E-state index contributed by atoms with van der Waals surface area (Å²) in [6, 6.07) is 13.8. The average Bonchev–Trinajstić information content (AvgIpc) is 3.10. The van der Waals surface area contributed by atoms with E-state index in [2.05, 4.69) is 12.1 Å². The van der Waals surface area contributed by atoms with Gasteiger partial charge in [0.1, 0.15) is 23.6 Å². The Kier molecular flexibility index (Phi) is 5.45. The number of nitrogens with zero attached hydrogens (tertiary/aromatic N) is 1. The number of hydrogen-bond acceptors (Lipinski definition) is 4. The maximum atomic E-state index is 13.1. The fourth-order valence-corrected chi connectivity index (χ4v) is 3.91. The molecule has 1 saturated heterocycles. The van der Waals surface area contributed by atoms with Gasteiger partial charge in [-0.3, -0.25) is 4.79 Å². The third-order valence-electron chi connectivity index (χ3n) is 5.71. The van der Waals surface area contributed by atoms with Crippen LogP contribution < -0.4 is 14.4 Å². The molecule has 0 spiro atoms. The summed E-state index contributed by atoms with van der Waals surface area (Å²) in [6.45, 7) is 6.18. The highest BCUT2D eigenvalue weighted by atomic mass is 16.5. The standard InChI is InChI=1S/C23H26N2O4/c1-16-20-14-19(28-3)8-9-21(20)29-22(16)23(26)25-12-10-24(11-13-25)15-17-4-6-18(27-2)7-5-17/h4-9,14H,10-13,15H2,1-3H3/p+1. The van der Waals surface area contributed by atoms with Gasteiger partial charge in [-0.05, 0) is 49.4 Å². The van der Waals surface area contributed by atoms with Crippen LogP contribution >= 0.6 is 0 Å². The lowest BCUT2D eigenvalue weighted by atomic mass is 10.1. The molecule has 1 amide bonds. The molecule has 1 aliphatic heterocycles. The third kappa shape index (κ3) is 3.93. The Morgan fingerprint density at radius 1 is 1.03 bits per heavy atom. The number of aryl methyl sites for hydroxylation is 1. The molecule has 2 aromatic carbocycles. The summed E-state index contributed by atoms with van der Waals surface area (Å²) in [7, 11) is 3.31. The van der Waals surface area contributed by atoms with Crippen LogP contribution in [0, 0.1) is 6.92 Å². The van der Waals surface area contributed by atoms with Gasteiger partial charge in [0.15, 0.2) is 5.76 Å². The molecule has 6 nitrogen and oxygen atoms in total. The number of hydrogen-bond donors (Lipinski definition) is 1. The first kappa shape index (κ1) is 19.3. The van der Waals surface area contributed by atoms with E-state index in [4.69, 9.17) is 13.9 Å². The van der Waals surface area contributed by atoms with Crippen LogP contribution in [0.15, 0.2) is 46.9 Å². The Hall–Kier alpha value is -2.99. The van der Waals surface area contributed by atoms with E-state index in [0.717, 1.165) is 60.8 Å². The van der Waals surface area contributed by atoms with Crippen molar-refractivity contribution in [1.29, 1.82) is 0 Å². The molecule has 152 valence electrons. The van der Waals surface area contributed by atoms with E-state index in [1.807, 2.05) is 42.2 Å². The van der Waals surface area contributed by atoms with Crippen LogP contribution in [0.4, 0.5) is 0 Å². The summed E-state index contributed by atoms with van der Waals surface area (Å²) in [5.41, 5.74) is 2.87. The Morgan fingerprint density at radius 3 is 2.34 bits per heavy atom. The van der Waals surface area contributed by atoms with E-state index in [1.165, 1.54) is 10.5 Å². The molecule has 6 heteroatoms. The zero-order valence-corrected chi connectivity index (χ0v) is 17.2. The summed E-state index contributed by atoms with van der Waals surface area (Å²) < 4.78 is 16.4. The van der Waals surface area contributed by atoms with Gasteiger partial charge in [-0.25, -0.2) is 0 Å². The second kappa shape index (κ2) is 8.17. The van der Waals surface area contributed by atoms with Crippen molar-refractivity contribution in [2.24, 2.45) is 0 Å². The van der Waals surface area contributed by atoms with E-state index < -0.39 is 0 Å². The van der Waals surface area contributed by atoms with Crippen molar-refractivity contribution in [3.8, 4) is 11.5 Å². The Labute approximate surface area is 170 Å². The second-order valence-electron chi connectivity index (χ2n) is 7.49. The number of piperazine rings is 1. The zero-order chi connectivity index (χ0) is 20.4. The van der Waals surface area contributed by atoms with E-state index in [9.17, 15) is 4.79 Å². The molecule has 1 fully saturated rings. The van der Waals surface area contributed by atoms with Crippen LogP contribution in [0.25, 0.3) is 11.0 Å². The topological polar surface area (TPSA) is 56.4 Å². The molecule has 3 aromatic rings. The number of carbonyl (C=O) groups is 1. The largest absolute Gasteiger partial charge is 0.497 e. The fraction of sp³-hybridized carbons (Fsp3) is 0.348. The van der Waals surface area contributed by atoms with Crippen LogP contribution in [0.1, 0.15) is 21.7 Å². The van der Waals surface area contributed by atoms with Crippen molar-refractivity contribution < 1.29 is 23.6 Å². The number of quaternary nitrogens is 1. The second-order valence-corrected chi connectivity index (χ2v) is 7.49. The van der Waals surface area contributed by atoms with E-state index >= 15 is 0 Å².